The van der Waals surface area contributed by atoms with Crippen LogP contribution in [-0.2, 0) is 14.8 Å². The van der Waals surface area contributed by atoms with Crippen molar-refractivity contribution in [1.82, 2.24) is 14.5 Å². The summed E-state index contributed by atoms with van der Waals surface area (Å²) in [5, 5.41) is 1.69. The number of fused-ring (bicyclic) bond motifs is 6. The zero-order chi connectivity index (χ0) is 24.5. The number of nitrogens with one attached hydrogen (secondary N) is 1. The number of carbonyl (C=O) groups excluding carboxylic acids is 3. The number of carbonyl (C=O) groups is 3. The lowest BCUT2D eigenvalue weighted by Gasteiger charge is -2.34. The number of sulfonamides is 1. The second kappa shape index (κ2) is 7.54. The highest BCUT2D eigenvalue weighted by molar-refractivity contribution is 7.90. The van der Waals surface area contributed by atoms with E-state index < -0.39 is 40.1 Å². The van der Waals surface area contributed by atoms with Crippen molar-refractivity contribution in [2.75, 3.05) is 11.4 Å². The maximum atomic E-state index is 13.5. The molecule has 3 heterocycles. The largest absolute Gasteiger partial charge is 0.332 e. The number of hydrogen-bond donors (Lipinski definition) is 1. The van der Waals surface area contributed by atoms with Gasteiger partial charge in [-0.15, -0.1) is 0 Å². The molecule has 6 rings (SSSR count). The Kier molecular flexibility index (Phi) is 4.65. The molecular weight excluding hydrogens is 468 g/mol. The molecule has 3 aliphatic rings. The number of rotatable bonds is 3. The molecule has 3 aromatic rings. The first-order chi connectivity index (χ1) is 16.8. The predicted octanol–water partition coefficient (Wildman–Crippen LogP) is 2.84. The SMILES string of the molecule is Cc1ccc(S(=O)(=O)NC(=O)N2CC3CC2[C@@H]2C(=O)N(c4cccc5ccccc45)C(=O)N32)cc1. The molecule has 3 saturated heterocycles. The minimum Gasteiger partial charge on any atom is -0.316 e. The smallest absolute Gasteiger partial charge is 0.316 e. The molecule has 0 spiro atoms. The van der Waals surface area contributed by atoms with Gasteiger partial charge in [0.2, 0.25) is 0 Å². The molecule has 9 nitrogen and oxygen atoms in total. The van der Waals surface area contributed by atoms with E-state index in [-0.39, 0.29) is 17.5 Å². The van der Waals surface area contributed by atoms with Gasteiger partial charge in [0.15, 0.2) is 0 Å². The van der Waals surface area contributed by atoms with E-state index in [0.29, 0.717) is 12.1 Å². The van der Waals surface area contributed by atoms with Gasteiger partial charge in [0.05, 0.1) is 22.7 Å². The van der Waals surface area contributed by atoms with Crippen LogP contribution in [0.5, 0.6) is 0 Å². The number of amides is 5. The summed E-state index contributed by atoms with van der Waals surface area (Å²) in [4.78, 5) is 44.0. The third kappa shape index (κ3) is 3.20. The van der Waals surface area contributed by atoms with Crippen LogP contribution in [-0.4, -0.2) is 60.9 Å². The van der Waals surface area contributed by atoms with E-state index in [1.54, 1.807) is 29.2 Å². The van der Waals surface area contributed by atoms with Crippen LogP contribution in [0.3, 0.4) is 0 Å². The molecule has 5 amide bonds. The number of hydrogen-bond acceptors (Lipinski definition) is 5. The second-order valence-corrected chi connectivity index (χ2v) is 10.8. The van der Waals surface area contributed by atoms with E-state index in [0.717, 1.165) is 16.3 Å². The van der Waals surface area contributed by atoms with Crippen molar-refractivity contribution in [2.24, 2.45) is 0 Å². The van der Waals surface area contributed by atoms with Gasteiger partial charge in [-0.1, -0.05) is 54.1 Å². The molecule has 0 aliphatic carbocycles. The van der Waals surface area contributed by atoms with Gasteiger partial charge < -0.3 is 9.80 Å². The average molecular weight is 491 g/mol. The minimum absolute atomic E-state index is 0.0170. The Labute approximate surface area is 202 Å². The van der Waals surface area contributed by atoms with Crippen LogP contribution in [0.1, 0.15) is 12.0 Å². The van der Waals surface area contributed by atoms with E-state index in [1.807, 2.05) is 37.3 Å². The zero-order valence-corrected chi connectivity index (χ0v) is 19.6. The first-order valence-corrected chi connectivity index (χ1v) is 12.8. The van der Waals surface area contributed by atoms with Gasteiger partial charge in [0.1, 0.15) is 6.04 Å². The van der Waals surface area contributed by atoms with Crippen LogP contribution in [0.25, 0.3) is 10.8 Å². The van der Waals surface area contributed by atoms with Crippen molar-refractivity contribution in [2.45, 2.75) is 36.4 Å². The number of aryl methyl sites for hydroxylation is 1. The van der Waals surface area contributed by atoms with Gasteiger partial charge in [-0.05, 0) is 36.9 Å². The van der Waals surface area contributed by atoms with E-state index >= 15 is 0 Å². The summed E-state index contributed by atoms with van der Waals surface area (Å²) in [6, 6.07) is 16.1. The standard InChI is InChI=1S/C25H22N4O5S/c1-15-9-11-18(12-10-15)35(33,34)26-24(31)27-14-17-13-21(27)22-23(30)29(25(32)28(17)22)20-8-4-6-16-5-2-3-7-19(16)20/h2-12,17,21-22H,13-14H2,1H3,(H,26,31)/t17?,21?,22-/m1/s1. The number of likely N-dealkylation sites (tertiary alicyclic amines) is 1. The average Bonchev–Trinajstić information content (AvgIpc) is 3.50. The normalized spacial score (nSPS) is 23.3. The summed E-state index contributed by atoms with van der Waals surface area (Å²) in [6.45, 7) is 2.00. The van der Waals surface area contributed by atoms with Gasteiger partial charge in [0, 0.05) is 11.9 Å². The monoisotopic (exact) mass is 490 g/mol. The van der Waals surface area contributed by atoms with E-state index in [9.17, 15) is 22.8 Å². The predicted molar refractivity (Wildman–Crippen MR) is 128 cm³/mol. The number of imide groups is 1. The van der Waals surface area contributed by atoms with Gasteiger partial charge in [-0.3, -0.25) is 4.79 Å². The van der Waals surface area contributed by atoms with Gasteiger partial charge in [-0.25, -0.2) is 27.6 Å². The second-order valence-electron chi connectivity index (χ2n) is 9.14. The summed E-state index contributed by atoms with van der Waals surface area (Å²) in [5.74, 6) is -0.405. The van der Waals surface area contributed by atoms with Crippen molar-refractivity contribution in [1.29, 1.82) is 0 Å². The lowest BCUT2D eigenvalue weighted by atomic mass is 10.1. The third-order valence-electron chi connectivity index (χ3n) is 7.09. The molecule has 3 atom stereocenters. The number of anilines is 1. The molecule has 10 heteroatoms. The first-order valence-electron chi connectivity index (χ1n) is 11.3. The molecular formula is C25H22N4O5S. The fourth-order valence-electron chi connectivity index (χ4n) is 5.47. The maximum Gasteiger partial charge on any atom is 0.332 e. The number of urea groups is 2. The van der Waals surface area contributed by atoms with Crippen LogP contribution in [0.2, 0.25) is 0 Å². The summed E-state index contributed by atoms with van der Waals surface area (Å²) in [5.41, 5.74) is 1.40. The van der Waals surface area contributed by atoms with E-state index in [1.165, 1.54) is 21.9 Å². The summed E-state index contributed by atoms with van der Waals surface area (Å²) < 4.78 is 27.6. The van der Waals surface area contributed by atoms with Crippen molar-refractivity contribution < 1.29 is 22.8 Å². The summed E-state index contributed by atoms with van der Waals surface area (Å²) in [7, 11) is -4.07. The lowest BCUT2D eigenvalue weighted by Crippen LogP contribution is -2.57. The van der Waals surface area contributed by atoms with E-state index in [2.05, 4.69) is 4.72 Å². The quantitative estimate of drug-likeness (QED) is 0.568. The van der Waals surface area contributed by atoms with Crippen molar-refractivity contribution in [3.63, 3.8) is 0 Å². The highest BCUT2D eigenvalue weighted by Gasteiger charge is 2.63. The van der Waals surface area contributed by atoms with Crippen LogP contribution in [0.4, 0.5) is 15.3 Å². The molecule has 0 radical (unpaired) electrons. The first kappa shape index (κ1) is 21.6. The van der Waals surface area contributed by atoms with Gasteiger partial charge >= 0.3 is 12.1 Å². The molecule has 35 heavy (non-hydrogen) atoms. The van der Waals surface area contributed by atoms with Crippen LogP contribution < -0.4 is 9.62 Å². The zero-order valence-electron chi connectivity index (χ0n) is 18.8. The molecule has 2 unspecified atom stereocenters. The maximum absolute atomic E-state index is 13.5. The van der Waals surface area contributed by atoms with E-state index in [4.69, 9.17) is 0 Å². The van der Waals surface area contributed by atoms with Crippen LogP contribution in [0, 0.1) is 6.92 Å². The highest BCUT2D eigenvalue weighted by atomic mass is 32.2. The molecule has 0 aromatic heterocycles. The fraction of sp³-hybridized carbons (Fsp3) is 0.240. The Morgan fingerprint density at radius 1 is 0.971 bits per heavy atom. The van der Waals surface area contributed by atoms with Crippen LogP contribution in [0.15, 0.2) is 71.6 Å². The van der Waals surface area contributed by atoms with Crippen molar-refractivity contribution in [3.05, 3.63) is 72.3 Å². The Balaban J connectivity index is 1.27. The van der Waals surface area contributed by atoms with Crippen molar-refractivity contribution >= 4 is 44.5 Å². The molecule has 1 N–H and O–H groups in total. The van der Waals surface area contributed by atoms with Gasteiger partial charge in [-0.2, -0.15) is 0 Å². The highest BCUT2D eigenvalue weighted by Crippen LogP contribution is 2.43. The Bertz CT molecular complexity index is 1500. The third-order valence-corrected chi connectivity index (χ3v) is 8.42. The fourth-order valence-corrected chi connectivity index (χ4v) is 6.42. The topological polar surface area (TPSA) is 107 Å². The Hall–Kier alpha value is -3.92. The Morgan fingerprint density at radius 3 is 2.46 bits per heavy atom. The van der Waals surface area contributed by atoms with Crippen molar-refractivity contribution in [3.8, 4) is 0 Å². The summed E-state index contributed by atoms with van der Waals surface area (Å²) >= 11 is 0. The van der Waals surface area contributed by atoms with Crippen LogP contribution >= 0.6 is 0 Å². The number of benzene rings is 3. The molecule has 3 fully saturated rings. The number of nitrogens with zero attached hydrogens (tertiary/aromatic N) is 3. The molecule has 3 aliphatic heterocycles. The molecule has 0 saturated carbocycles. The molecule has 178 valence electrons. The number of piperazine rings is 1. The van der Waals surface area contributed by atoms with Gasteiger partial charge in [0.25, 0.3) is 15.9 Å². The summed E-state index contributed by atoms with van der Waals surface area (Å²) in [6.07, 6.45) is 0.434. The minimum atomic E-state index is -4.07. The molecule has 2 bridgehead atoms. The molecule has 3 aromatic carbocycles. The lowest BCUT2D eigenvalue weighted by molar-refractivity contribution is -0.120. The Morgan fingerprint density at radius 2 is 1.69 bits per heavy atom.